The summed E-state index contributed by atoms with van der Waals surface area (Å²) in [7, 11) is -6.15. The van der Waals surface area contributed by atoms with E-state index in [9.17, 15) is 0 Å². The summed E-state index contributed by atoms with van der Waals surface area (Å²) in [4.78, 5) is 12.9. The molecule has 1 aliphatic rings. The normalized spacial score (nSPS) is 12.9. The van der Waals surface area contributed by atoms with E-state index in [4.69, 9.17) is 9.97 Å². The molecule has 0 bridgehead atoms. The van der Waals surface area contributed by atoms with Crippen molar-refractivity contribution >= 4 is 96.6 Å². The minimum Gasteiger partial charge on any atom is -0.309 e. The number of aromatic nitrogens is 3. The molecule has 330 valence electrons. The maximum absolute atomic E-state index is 5.67. The van der Waals surface area contributed by atoms with Crippen molar-refractivity contribution < 1.29 is 0 Å². The molecule has 0 saturated heterocycles. The van der Waals surface area contributed by atoms with Crippen LogP contribution in [0.3, 0.4) is 0 Å². The zero-order chi connectivity index (χ0) is 46.5. The average Bonchev–Trinajstić information content (AvgIpc) is 3.79. The van der Waals surface area contributed by atoms with Crippen molar-refractivity contribution in [3.05, 3.63) is 279 Å². The Kier molecular flexibility index (Phi) is 10.2. The van der Waals surface area contributed by atoms with Gasteiger partial charge in [-0.05, 0) is 90.0 Å². The molecule has 0 atom stereocenters. The molecule has 4 nitrogen and oxygen atoms in total. The molecule has 0 spiro atoms. The minimum absolute atomic E-state index is 0.942. The number of fused-ring (bicyclic) bond motifs is 6. The summed E-state index contributed by atoms with van der Waals surface area (Å²) in [6, 6.07) is 98.6. The molecule has 6 heteroatoms. The molecule has 3 aromatic heterocycles. The maximum atomic E-state index is 5.67. The number of rotatable bonds is 9. The third-order valence-electron chi connectivity index (χ3n) is 14.5. The first-order valence-corrected chi connectivity index (χ1v) is 28.0. The number of anilines is 3. The molecule has 0 N–H and O–H groups in total. The highest BCUT2D eigenvalue weighted by Crippen LogP contribution is 2.42. The van der Waals surface area contributed by atoms with Gasteiger partial charge in [0.05, 0.1) is 23.1 Å². The Morgan fingerprint density at radius 2 is 0.943 bits per heavy atom. The van der Waals surface area contributed by atoms with E-state index < -0.39 is 16.1 Å². The molecule has 0 unspecified atom stereocenters. The lowest BCUT2D eigenvalue weighted by Crippen LogP contribution is -2.77. The highest BCUT2D eigenvalue weighted by Gasteiger charge is 2.51. The van der Waals surface area contributed by atoms with Crippen LogP contribution in [0.2, 0.25) is 0 Å². The number of para-hydroxylation sites is 3. The largest absolute Gasteiger partial charge is 0.309 e. The van der Waals surface area contributed by atoms with Crippen LogP contribution >= 0.6 is 0 Å². The van der Waals surface area contributed by atoms with Crippen molar-refractivity contribution in [1.29, 1.82) is 0 Å². The van der Waals surface area contributed by atoms with Crippen LogP contribution in [0.1, 0.15) is 0 Å². The Morgan fingerprint density at radius 1 is 0.400 bits per heavy atom. The van der Waals surface area contributed by atoms with Gasteiger partial charge >= 0.3 is 0 Å². The van der Waals surface area contributed by atoms with Crippen molar-refractivity contribution in [1.82, 2.24) is 14.5 Å². The topological polar surface area (TPSA) is 34.0 Å². The van der Waals surface area contributed by atoms with Crippen LogP contribution in [0, 0.1) is 0 Å². The minimum atomic E-state index is -3.12. The summed E-state index contributed by atoms with van der Waals surface area (Å²) < 4.78 is 2.44. The van der Waals surface area contributed by atoms with Gasteiger partial charge in [-0.15, -0.1) is 0 Å². The van der Waals surface area contributed by atoms with Crippen molar-refractivity contribution in [2.24, 2.45) is 0 Å². The lowest BCUT2D eigenvalue weighted by atomic mass is 10.1. The predicted octanol–water partition coefficient (Wildman–Crippen LogP) is 9.78. The van der Waals surface area contributed by atoms with Gasteiger partial charge in [-0.2, -0.15) is 0 Å². The van der Waals surface area contributed by atoms with E-state index in [1.54, 1.807) is 0 Å². The first kappa shape index (κ1) is 41.5. The molecule has 70 heavy (non-hydrogen) atoms. The van der Waals surface area contributed by atoms with Gasteiger partial charge in [-0.1, -0.05) is 218 Å². The lowest BCUT2D eigenvalue weighted by Gasteiger charge is -2.45. The van der Waals surface area contributed by atoms with E-state index in [1.165, 1.54) is 58.0 Å². The molecule has 1 aliphatic heterocycles. The van der Waals surface area contributed by atoms with E-state index in [0.717, 1.165) is 39.5 Å². The first-order chi connectivity index (χ1) is 34.8. The van der Waals surface area contributed by atoms with Gasteiger partial charge in [-0.3, -0.25) is 9.55 Å². The van der Waals surface area contributed by atoms with E-state index in [-0.39, 0.29) is 0 Å². The van der Waals surface area contributed by atoms with Gasteiger partial charge < -0.3 is 4.90 Å². The second-order valence-corrected chi connectivity index (χ2v) is 25.6. The number of hydrogen-bond donors (Lipinski definition) is 0. The molecule has 13 rings (SSSR count). The summed E-state index contributed by atoms with van der Waals surface area (Å²) in [5.74, 6) is 0. The Morgan fingerprint density at radius 3 is 1.61 bits per heavy atom. The molecular weight excluding hydrogens is 881 g/mol. The van der Waals surface area contributed by atoms with Gasteiger partial charge in [0.2, 0.25) is 0 Å². The van der Waals surface area contributed by atoms with Crippen molar-refractivity contribution in [3.63, 3.8) is 0 Å². The van der Waals surface area contributed by atoms with E-state index in [2.05, 4.69) is 277 Å². The highest BCUT2D eigenvalue weighted by molar-refractivity contribution is 7.22. The average molecular weight is 927 g/mol. The Balaban J connectivity index is 1.14. The van der Waals surface area contributed by atoms with Crippen molar-refractivity contribution in [2.45, 2.75) is 0 Å². The summed E-state index contributed by atoms with van der Waals surface area (Å²) >= 11 is 0. The molecule has 12 aromatic rings. The quantitative estimate of drug-likeness (QED) is 0.107. The molecule has 0 amide bonds. The third kappa shape index (κ3) is 6.34. The molecule has 0 fully saturated rings. The third-order valence-corrected chi connectivity index (χ3v) is 24.1. The molecule has 0 aliphatic carbocycles. The second-order valence-electron chi connectivity index (χ2n) is 18.1. The van der Waals surface area contributed by atoms with Crippen molar-refractivity contribution in [3.8, 4) is 16.9 Å². The van der Waals surface area contributed by atoms with Gasteiger partial charge in [0, 0.05) is 39.6 Å². The van der Waals surface area contributed by atoms with Crippen molar-refractivity contribution in [2.75, 3.05) is 4.90 Å². The van der Waals surface area contributed by atoms with Gasteiger partial charge in [0.15, 0.2) is 16.1 Å². The van der Waals surface area contributed by atoms with Crippen LogP contribution in [0.4, 0.5) is 17.1 Å². The van der Waals surface area contributed by atoms with Crippen LogP contribution in [-0.2, 0) is 0 Å². The standard InChI is InChI=1S/C64H46N4Si2/c1-6-25-48(26-7-1)67-59-41-18-19-42-61(59)70(52-32-12-4-13-33-52,53-34-14-5-15-35-53)63-60(67)46-66-64-62(63)56-38-16-17-40-58(56)68(64)49-27-23-37-55(45-49)69(50-28-8-2-9-29-50,51-30-10-3-11-31-51)54-36-22-24-47(44-54)57-39-20-21-43-65-57/h1-46H. The Hall–Kier alpha value is -8.69. The van der Waals surface area contributed by atoms with E-state index in [1.807, 2.05) is 12.3 Å². The fourth-order valence-corrected chi connectivity index (χ4v) is 21.8. The number of hydrogen-bond acceptors (Lipinski definition) is 3. The fourth-order valence-electron chi connectivity index (χ4n) is 11.7. The zero-order valence-electron chi connectivity index (χ0n) is 38.3. The molecule has 0 saturated carbocycles. The van der Waals surface area contributed by atoms with Gasteiger partial charge in [0.1, 0.15) is 5.65 Å². The molecule has 9 aromatic carbocycles. The Labute approximate surface area is 410 Å². The predicted molar refractivity (Wildman–Crippen MR) is 297 cm³/mol. The lowest BCUT2D eigenvalue weighted by molar-refractivity contribution is 1.13. The van der Waals surface area contributed by atoms with Crippen LogP contribution in [-0.4, -0.2) is 30.7 Å². The number of pyridine rings is 2. The first-order valence-electron chi connectivity index (χ1n) is 24.0. The monoisotopic (exact) mass is 926 g/mol. The molecular formula is C64H46N4Si2. The number of nitrogens with zero attached hydrogens (tertiary/aromatic N) is 4. The highest BCUT2D eigenvalue weighted by atomic mass is 28.3. The van der Waals surface area contributed by atoms with E-state index in [0.29, 0.717) is 0 Å². The maximum Gasteiger partial charge on any atom is 0.185 e. The second kappa shape index (κ2) is 17.1. The van der Waals surface area contributed by atoms with Crippen LogP contribution < -0.4 is 46.4 Å². The Bertz CT molecular complexity index is 3750. The zero-order valence-corrected chi connectivity index (χ0v) is 40.3. The van der Waals surface area contributed by atoms with Crippen LogP contribution in [0.5, 0.6) is 0 Å². The summed E-state index contributed by atoms with van der Waals surface area (Å²) in [6.07, 6.45) is 4.05. The van der Waals surface area contributed by atoms with Gasteiger partial charge in [0.25, 0.3) is 0 Å². The SMILES string of the molecule is c1ccc(N2c3ccccc3[Si](c3ccccc3)(c3ccccc3)c3c2cnc2c3c3ccccc3n2-c2cccc([Si](c3ccccc3)(c3ccccc3)c3cccc(-c4ccccn4)c3)c2)cc1. The number of benzene rings is 9. The summed E-state index contributed by atoms with van der Waals surface area (Å²) in [5.41, 5.74) is 8.60. The molecule has 4 heterocycles. The van der Waals surface area contributed by atoms with Gasteiger partial charge in [-0.25, -0.2) is 4.98 Å². The summed E-state index contributed by atoms with van der Waals surface area (Å²) in [6.45, 7) is 0. The van der Waals surface area contributed by atoms with Crippen LogP contribution in [0.25, 0.3) is 38.9 Å². The fraction of sp³-hybridized carbons (Fsp3) is 0. The van der Waals surface area contributed by atoms with Crippen LogP contribution in [0.15, 0.2) is 279 Å². The summed E-state index contributed by atoms with van der Waals surface area (Å²) in [5, 5.41) is 12.9. The molecule has 0 radical (unpaired) electrons. The van der Waals surface area contributed by atoms with E-state index >= 15 is 0 Å². The smallest absolute Gasteiger partial charge is 0.185 e.